The molecule has 2 aromatic carbocycles. The molecule has 6 heteroatoms. The first-order chi connectivity index (χ1) is 11.1. The van der Waals surface area contributed by atoms with Crippen molar-refractivity contribution in [1.29, 1.82) is 0 Å². The summed E-state index contributed by atoms with van der Waals surface area (Å²) in [4.78, 5) is 46.2. The van der Waals surface area contributed by atoms with Crippen LogP contribution in [0.5, 0.6) is 0 Å². The average molecular weight is 312 g/mol. The van der Waals surface area contributed by atoms with Crippen LogP contribution in [-0.4, -0.2) is 23.9 Å². The Hall–Kier alpha value is -3.28. The summed E-state index contributed by atoms with van der Waals surface area (Å²) in [5, 5.41) is 0. The van der Waals surface area contributed by atoms with E-state index in [0.29, 0.717) is 0 Å². The first kappa shape index (κ1) is 16.1. The van der Waals surface area contributed by atoms with Gasteiger partial charge in [0.25, 0.3) is 0 Å². The summed E-state index contributed by atoms with van der Waals surface area (Å²) in [6.07, 6.45) is -0.836. The zero-order valence-electron chi connectivity index (χ0n) is 11.9. The third-order valence-corrected chi connectivity index (χ3v) is 2.72. The Morgan fingerprint density at radius 2 is 0.957 bits per heavy atom. The molecule has 0 spiro atoms. The van der Waals surface area contributed by atoms with E-state index < -0.39 is 30.3 Å². The van der Waals surface area contributed by atoms with E-state index in [-0.39, 0.29) is 11.1 Å². The minimum Gasteiger partial charge on any atom is -0.389 e. The highest BCUT2D eigenvalue weighted by Crippen LogP contribution is 2.05. The SMILES string of the molecule is O=C(CC(=O)OC(=O)c1ccccc1)OC(=O)c1ccccc1. The summed E-state index contributed by atoms with van der Waals surface area (Å²) in [5.41, 5.74) is 0.351. The number of benzene rings is 2. The highest BCUT2D eigenvalue weighted by atomic mass is 16.6. The number of hydrogen-bond donors (Lipinski definition) is 0. The molecule has 0 heterocycles. The largest absolute Gasteiger partial charge is 0.389 e. The van der Waals surface area contributed by atoms with Gasteiger partial charge in [0.1, 0.15) is 6.42 Å². The van der Waals surface area contributed by atoms with Gasteiger partial charge in [-0.1, -0.05) is 36.4 Å². The van der Waals surface area contributed by atoms with Gasteiger partial charge in [-0.3, -0.25) is 9.59 Å². The summed E-state index contributed by atoms with van der Waals surface area (Å²) >= 11 is 0. The van der Waals surface area contributed by atoms with Crippen LogP contribution in [0, 0.1) is 0 Å². The molecule has 0 atom stereocenters. The van der Waals surface area contributed by atoms with E-state index >= 15 is 0 Å². The summed E-state index contributed by atoms with van der Waals surface area (Å²) in [5.74, 6) is -3.94. The molecule has 0 fully saturated rings. The van der Waals surface area contributed by atoms with Gasteiger partial charge in [0.2, 0.25) is 0 Å². The van der Waals surface area contributed by atoms with Crippen LogP contribution in [0.25, 0.3) is 0 Å². The summed E-state index contributed by atoms with van der Waals surface area (Å²) in [6, 6.07) is 15.7. The van der Waals surface area contributed by atoms with Crippen molar-refractivity contribution in [3.05, 3.63) is 71.8 Å². The van der Waals surface area contributed by atoms with Crippen molar-refractivity contribution in [1.82, 2.24) is 0 Å². The highest BCUT2D eigenvalue weighted by molar-refractivity contribution is 6.04. The molecule has 0 saturated heterocycles. The standard InChI is InChI=1S/C17H12O6/c18-14(22-16(20)12-7-3-1-4-8-12)11-15(19)23-17(21)13-9-5-2-6-10-13/h1-10H,11H2. The molecule has 0 aromatic heterocycles. The monoisotopic (exact) mass is 312 g/mol. The Kier molecular flexibility index (Phi) is 5.35. The molecule has 23 heavy (non-hydrogen) atoms. The van der Waals surface area contributed by atoms with Crippen molar-refractivity contribution in [2.45, 2.75) is 6.42 Å². The lowest BCUT2D eigenvalue weighted by atomic mass is 10.2. The fourth-order valence-corrected chi connectivity index (χ4v) is 1.66. The van der Waals surface area contributed by atoms with Crippen molar-refractivity contribution in [2.75, 3.05) is 0 Å². The van der Waals surface area contributed by atoms with Crippen LogP contribution in [0.1, 0.15) is 27.1 Å². The molecule has 0 amide bonds. The quantitative estimate of drug-likeness (QED) is 0.635. The maximum Gasteiger partial charge on any atom is 0.345 e. The highest BCUT2D eigenvalue weighted by Gasteiger charge is 2.20. The predicted molar refractivity (Wildman–Crippen MR) is 78.3 cm³/mol. The van der Waals surface area contributed by atoms with E-state index in [1.54, 1.807) is 36.4 Å². The predicted octanol–water partition coefficient (Wildman–Crippen LogP) is 2.14. The zero-order chi connectivity index (χ0) is 16.7. The van der Waals surface area contributed by atoms with Gasteiger partial charge in [0.15, 0.2) is 0 Å². The van der Waals surface area contributed by atoms with E-state index in [9.17, 15) is 19.2 Å². The molecule has 0 aliphatic rings. The van der Waals surface area contributed by atoms with Crippen LogP contribution in [0.4, 0.5) is 0 Å². The van der Waals surface area contributed by atoms with Crippen LogP contribution in [0.15, 0.2) is 60.7 Å². The smallest absolute Gasteiger partial charge is 0.345 e. The molecule has 2 aromatic rings. The van der Waals surface area contributed by atoms with Crippen molar-refractivity contribution in [2.24, 2.45) is 0 Å². The molecule has 2 rings (SSSR count). The topological polar surface area (TPSA) is 86.7 Å². The first-order valence-electron chi connectivity index (χ1n) is 6.66. The molecular formula is C17H12O6. The Morgan fingerprint density at radius 3 is 1.30 bits per heavy atom. The normalized spacial score (nSPS) is 9.74. The number of rotatable bonds is 4. The lowest BCUT2D eigenvalue weighted by Gasteiger charge is -2.04. The maximum absolute atomic E-state index is 11.6. The lowest BCUT2D eigenvalue weighted by molar-refractivity contribution is -0.147. The second kappa shape index (κ2) is 7.65. The summed E-state index contributed by atoms with van der Waals surface area (Å²) < 4.78 is 9.01. The minimum absolute atomic E-state index is 0.176. The van der Waals surface area contributed by atoms with Gasteiger partial charge in [-0.2, -0.15) is 0 Å². The van der Waals surface area contributed by atoms with Crippen molar-refractivity contribution in [3.63, 3.8) is 0 Å². The second-order valence-electron chi connectivity index (χ2n) is 4.43. The molecule has 6 nitrogen and oxygen atoms in total. The van der Waals surface area contributed by atoms with Gasteiger partial charge < -0.3 is 9.47 Å². The molecular weight excluding hydrogens is 300 g/mol. The van der Waals surface area contributed by atoms with E-state index in [4.69, 9.17) is 0 Å². The minimum atomic E-state index is -1.09. The van der Waals surface area contributed by atoms with Crippen molar-refractivity contribution >= 4 is 23.9 Å². The Balaban J connectivity index is 1.84. The molecule has 116 valence electrons. The molecule has 0 aliphatic heterocycles. The molecule has 0 radical (unpaired) electrons. The van der Waals surface area contributed by atoms with E-state index in [1.807, 2.05) is 0 Å². The van der Waals surface area contributed by atoms with Crippen LogP contribution in [-0.2, 0) is 19.1 Å². The maximum atomic E-state index is 11.6. The number of carbonyl (C=O) groups excluding carboxylic acids is 4. The van der Waals surface area contributed by atoms with Crippen LogP contribution in [0.3, 0.4) is 0 Å². The van der Waals surface area contributed by atoms with Crippen molar-refractivity contribution < 1.29 is 28.7 Å². The number of hydrogen-bond acceptors (Lipinski definition) is 6. The van der Waals surface area contributed by atoms with Crippen molar-refractivity contribution in [3.8, 4) is 0 Å². The first-order valence-corrected chi connectivity index (χ1v) is 6.66. The molecule has 0 aliphatic carbocycles. The van der Waals surface area contributed by atoms with Gasteiger partial charge >= 0.3 is 23.9 Å². The fraction of sp³-hybridized carbons (Fsp3) is 0.0588. The van der Waals surface area contributed by atoms with Gasteiger partial charge in [-0.25, -0.2) is 9.59 Å². The third-order valence-electron chi connectivity index (χ3n) is 2.72. The van der Waals surface area contributed by atoms with Crippen LogP contribution < -0.4 is 0 Å². The Labute approximate surface area is 131 Å². The Bertz CT molecular complexity index is 658. The van der Waals surface area contributed by atoms with E-state index in [1.165, 1.54) is 24.3 Å². The average Bonchev–Trinajstić information content (AvgIpc) is 2.56. The molecule has 0 unspecified atom stereocenters. The molecule has 0 bridgehead atoms. The van der Waals surface area contributed by atoms with Crippen LogP contribution >= 0.6 is 0 Å². The van der Waals surface area contributed by atoms with Gasteiger partial charge in [-0.05, 0) is 24.3 Å². The fourth-order valence-electron chi connectivity index (χ4n) is 1.66. The van der Waals surface area contributed by atoms with Gasteiger partial charge in [0, 0.05) is 0 Å². The second-order valence-corrected chi connectivity index (χ2v) is 4.43. The Morgan fingerprint density at radius 1 is 0.609 bits per heavy atom. The molecule has 0 saturated carbocycles. The van der Waals surface area contributed by atoms with E-state index in [0.717, 1.165) is 0 Å². The summed E-state index contributed by atoms with van der Waals surface area (Å²) in [7, 11) is 0. The number of ether oxygens (including phenoxy) is 2. The number of esters is 4. The molecule has 0 N–H and O–H groups in total. The van der Waals surface area contributed by atoms with E-state index in [2.05, 4.69) is 9.47 Å². The summed E-state index contributed by atoms with van der Waals surface area (Å²) in [6.45, 7) is 0. The third kappa shape index (κ3) is 4.89. The zero-order valence-corrected chi connectivity index (χ0v) is 11.9. The number of carbonyl (C=O) groups is 4. The lowest BCUT2D eigenvalue weighted by Crippen LogP contribution is -2.20. The van der Waals surface area contributed by atoms with Gasteiger partial charge in [-0.15, -0.1) is 0 Å². The van der Waals surface area contributed by atoms with Crippen LogP contribution in [0.2, 0.25) is 0 Å². The van der Waals surface area contributed by atoms with Gasteiger partial charge in [0.05, 0.1) is 11.1 Å².